The van der Waals surface area contributed by atoms with Crippen molar-refractivity contribution in [2.75, 3.05) is 6.26 Å². The van der Waals surface area contributed by atoms with Crippen LogP contribution < -0.4 is 0 Å². The molecule has 0 fully saturated rings. The van der Waals surface area contributed by atoms with Gasteiger partial charge in [-0.25, -0.2) is 0 Å². The van der Waals surface area contributed by atoms with Gasteiger partial charge >= 0.3 is 0 Å². The number of nitrogens with zero attached hydrogens (tertiary/aromatic N) is 3. The first-order valence-corrected chi connectivity index (χ1v) is 6.06. The van der Waals surface area contributed by atoms with Crippen LogP contribution in [0.3, 0.4) is 0 Å². The minimum absolute atomic E-state index is 0.329. The van der Waals surface area contributed by atoms with E-state index in [-0.39, 0.29) is 5.91 Å². The molecule has 0 aromatic heterocycles. The molecular weight excluding hydrogens is 226 g/mol. The number of aliphatic imine (C=N–C) groups is 1. The Kier molecular flexibility index (Phi) is 3.52. The Morgan fingerprint density at radius 3 is 2.38 bits per heavy atom. The average molecular weight is 241 g/mol. The molecule has 1 aliphatic heterocycles. The largest absolute Gasteiger partial charge is 0.271 e. The molecule has 6 heteroatoms. The van der Waals surface area contributed by atoms with Gasteiger partial charge in [-0.15, -0.1) is 0 Å². The first-order chi connectivity index (χ1) is 7.30. The summed E-state index contributed by atoms with van der Waals surface area (Å²) in [4.78, 5) is 27.6. The van der Waals surface area contributed by atoms with Gasteiger partial charge < -0.3 is 0 Å². The number of carbonyl (C=O) groups excluding carboxylic acids is 2. The van der Waals surface area contributed by atoms with Crippen LogP contribution in [0.4, 0.5) is 0 Å². The summed E-state index contributed by atoms with van der Waals surface area (Å²) >= 11 is 1.23. The van der Waals surface area contributed by atoms with Crippen molar-refractivity contribution in [1.29, 1.82) is 0 Å². The molecule has 1 rings (SSSR count). The number of hydrazone groups is 1. The zero-order valence-electron chi connectivity index (χ0n) is 10.1. The number of rotatable bonds is 1. The van der Waals surface area contributed by atoms with Gasteiger partial charge in [0.1, 0.15) is 5.41 Å². The highest BCUT2D eigenvalue weighted by Crippen LogP contribution is 2.28. The summed E-state index contributed by atoms with van der Waals surface area (Å²) in [5.74, 6) is -0.750. The third kappa shape index (κ3) is 2.16. The van der Waals surface area contributed by atoms with Gasteiger partial charge in [0.15, 0.2) is 5.17 Å². The fourth-order valence-electron chi connectivity index (χ4n) is 1.14. The molecule has 16 heavy (non-hydrogen) atoms. The lowest BCUT2D eigenvalue weighted by Crippen LogP contribution is -2.49. The van der Waals surface area contributed by atoms with Gasteiger partial charge in [-0.1, -0.05) is 11.8 Å². The predicted octanol–water partition coefficient (Wildman–Crippen LogP) is 1.50. The molecule has 0 aromatic carbocycles. The van der Waals surface area contributed by atoms with Crippen LogP contribution in [-0.2, 0) is 9.59 Å². The monoisotopic (exact) mass is 241 g/mol. The molecule has 5 nitrogen and oxygen atoms in total. The van der Waals surface area contributed by atoms with Crippen molar-refractivity contribution in [2.45, 2.75) is 27.7 Å². The van der Waals surface area contributed by atoms with Crippen molar-refractivity contribution in [3.63, 3.8) is 0 Å². The van der Waals surface area contributed by atoms with Crippen LogP contribution in [0.2, 0.25) is 0 Å². The molecule has 88 valence electrons. The quantitative estimate of drug-likeness (QED) is 0.516. The highest BCUT2D eigenvalue weighted by Gasteiger charge is 2.45. The van der Waals surface area contributed by atoms with E-state index in [1.807, 2.05) is 0 Å². The zero-order chi connectivity index (χ0) is 12.5. The van der Waals surface area contributed by atoms with Gasteiger partial charge in [-0.3, -0.25) is 9.59 Å². The van der Waals surface area contributed by atoms with E-state index in [9.17, 15) is 9.59 Å². The van der Waals surface area contributed by atoms with Gasteiger partial charge in [0.05, 0.1) is 0 Å². The van der Waals surface area contributed by atoms with Gasteiger partial charge in [0.25, 0.3) is 11.8 Å². The van der Waals surface area contributed by atoms with Crippen molar-refractivity contribution in [1.82, 2.24) is 5.01 Å². The van der Waals surface area contributed by atoms with Crippen LogP contribution in [0.15, 0.2) is 10.1 Å². The number of amides is 2. The minimum atomic E-state index is -1.13. The summed E-state index contributed by atoms with van der Waals surface area (Å²) in [6.45, 7) is 6.70. The second-order valence-corrected chi connectivity index (χ2v) is 4.97. The predicted molar refractivity (Wildman–Crippen MR) is 65.4 cm³/mol. The fourth-order valence-corrected chi connectivity index (χ4v) is 1.61. The Morgan fingerprint density at radius 2 is 1.94 bits per heavy atom. The molecule has 0 N–H and O–H groups in total. The van der Waals surface area contributed by atoms with Crippen LogP contribution in [0.1, 0.15) is 27.7 Å². The SMILES string of the molecule is CSC1=NC(=O)C(C)(C)C(=O)N1N=C(C)C. The lowest BCUT2D eigenvalue weighted by molar-refractivity contribution is -0.145. The Hall–Kier alpha value is -1.17. The highest BCUT2D eigenvalue weighted by molar-refractivity contribution is 8.13. The summed E-state index contributed by atoms with van der Waals surface area (Å²) in [6.07, 6.45) is 1.76. The third-order valence-electron chi connectivity index (χ3n) is 2.12. The van der Waals surface area contributed by atoms with Gasteiger partial charge in [0, 0.05) is 5.71 Å². The number of thioether (sulfide) groups is 1. The topological polar surface area (TPSA) is 62.1 Å². The molecule has 0 radical (unpaired) electrons. The lowest BCUT2D eigenvalue weighted by atomic mass is 9.90. The van der Waals surface area contributed by atoms with E-state index in [2.05, 4.69) is 10.1 Å². The average Bonchev–Trinajstić information content (AvgIpc) is 2.19. The molecule has 0 saturated heterocycles. The molecule has 1 aliphatic rings. The minimum Gasteiger partial charge on any atom is -0.271 e. The van der Waals surface area contributed by atoms with Crippen LogP contribution in [-0.4, -0.2) is 34.0 Å². The molecule has 0 spiro atoms. The molecule has 0 saturated carbocycles. The second kappa shape index (κ2) is 4.37. The summed E-state index contributed by atoms with van der Waals surface area (Å²) < 4.78 is 0. The van der Waals surface area contributed by atoms with Crippen molar-refractivity contribution in [2.24, 2.45) is 15.5 Å². The highest BCUT2D eigenvalue weighted by atomic mass is 32.2. The number of hydrogen-bond donors (Lipinski definition) is 0. The van der Waals surface area contributed by atoms with Crippen LogP contribution in [0.25, 0.3) is 0 Å². The first kappa shape index (κ1) is 12.9. The van der Waals surface area contributed by atoms with Crippen molar-refractivity contribution in [3.05, 3.63) is 0 Å². The second-order valence-electron chi connectivity index (χ2n) is 4.19. The summed E-state index contributed by atoms with van der Waals surface area (Å²) in [6, 6.07) is 0. The molecule has 0 aliphatic carbocycles. The summed E-state index contributed by atoms with van der Waals surface area (Å²) in [5, 5.41) is 5.64. The molecule has 2 amide bonds. The van der Waals surface area contributed by atoms with Crippen LogP contribution in [0, 0.1) is 5.41 Å². The van der Waals surface area contributed by atoms with Crippen LogP contribution in [0.5, 0.6) is 0 Å². The van der Waals surface area contributed by atoms with Gasteiger partial charge in [-0.05, 0) is 34.0 Å². The lowest BCUT2D eigenvalue weighted by Gasteiger charge is -2.30. The zero-order valence-corrected chi connectivity index (χ0v) is 10.9. The van der Waals surface area contributed by atoms with Crippen molar-refractivity contribution in [3.8, 4) is 0 Å². The van der Waals surface area contributed by atoms with E-state index in [1.54, 1.807) is 34.0 Å². The van der Waals surface area contributed by atoms with E-state index in [1.165, 1.54) is 16.8 Å². The summed E-state index contributed by atoms with van der Waals surface area (Å²) in [5.41, 5.74) is -0.390. The molecule has 0 atom stereocenters. The molecule has 0 unspecified atom stereocenters. The normalized spacial score (nSPS) is 19.6. The maximum Gasteiger partial charge on any atom is 0.264 e. The number of hydrogen-bond acceptors (Lipinski definition) is 4. The van der Waals surface area contributed by atoms with Crippen LogP contribution >= 0.6 is 11.8 Å². The van der Waals surface area contributed by atoms with E-state index in [4.69, 9.17) is 0 Å². The molecule has 1 heterocycles. The Morgan fingerprint density at radius 1 is 1.38 bits per heavy atom. The van der Waals surface area contributed by atoms with Gasteiger partial charge in [-0.2, -0.15) is 15.1 Å². The Bertz CT molecular complexity index is 395. The maximum atomic E-state index is 12.1. The van der Waals surface area contributed by atoms with Crippen molar-refractivity contribution >= 4 is 34.5 Å². The summed E-state index contributed by atoms with van der Waals surface area (Å²) in [7, 11) is 0. The first-order valence-electron chi connectivity index (χ1n) is 4.84. The smallest absolute Gasteiger partial charge is 0.264 e. The standard InChI is InChI=1S/C10H15N3O2S/c1-6(2)12-13-8(15)10(3,4)7(14)11-9(13)16-5/h1-5H3. The number of amidine groups is 1. The molecular formula is C10H15N3O2S. The van der Waals surface area contributed by atoms with E-state index < -0.39 is 11.3 Å². The fraction of sp³-hybridized carbons (Fsp3) is 0.600. The third-order valence-corrected chi connectivity index (χ3v) is 2.75. The van der Waals surface area contributed by atoms with E-state index in [0.717, 1.165) is 5.71 Å². The number of carbonyl (C=O) groups is 2. The Balaban J connectivity index is 3.25. The van der Waals surface area contributed by atoms with E-state index in [0.29, 0.717) is 5.17 Å². The molecule has 0 bridgehead atoms. The van der Waals surface area contributed by atoms with Gasteiger partial charge in [0.2, 0.25) is 0 Å². The Labute approximate surface area is 99.0 Å². The van der Waals surface area contributed by atoms with Crippen molar-refractivity contribution < 1.29 is 9.59 Å². The molecule has 0 aromatic rings. The maximum absolute atomic E-state index is 12.1. The van der Waals surface area contributed by atoms with E-state index >= 15 is 0 Å².